The Morgan fingerprint density at radius 3 is 2.58 bits per heavy atom. The van der Waals surface area contributed by atoms with E-state index in [1.54, 1.807) is 13.1 Å². The number of aliphatic hydroxyl groups is 5. The number of aliphatic hydroxyl groups excluding tert-OH is 4. The van der Waals surface area contributed by atoms with Crippen LogP contribution in [0.2, 0.25) is 0 Å². The minimum Gasteiger partial charge on any atom is -0.467 e. The van der Waals surface area contributed by atoms with Gasteiger partial charge in [0.15, 0.2) is 6.29 Å². The van der Waals surface area contributed by atoms with E-state index in [4.69, 9.17) is 35.5 Å². The van der Waals surface area contributed by atoms with E-state index in [-0.39, 0.29) is 39.1 Å². The van der Waals surface area contributed by atoms with E-state index >= 15 is 0 Å². The molecule has 3 rings (SSSR count). The van der Waals surface area contributed by atoms with Gasteiger partial charge in [-0.2, -0.15) is 0 Å². The molecule has 14 nitrogen and oxygen atoms in total. The topological polar surface area (TPSA) is 231 Å². The molecule has 38 heavy (non-hydrogen) atoms. The Balaban J connectivity index is 1.68. The first-order chi connectivity index (χ1) is 18.0. The van der Waals surface area contributed by atoms with Crippen LogP contribution in [0.1, 0.15) is 26.2 Å². The van der Waals surface area contributed by atoms with E-state index in [0.717, 1.165) is 6.29 Å². The zero-order valence-electron chi connectivity index (χ0n) is 21.9. The number of likely N-dealkylation sites (N-methyl/N-ethyl adjacent to an activating group) is 1. The van der Waals surface area contributed by atoms with E-state index in [2.05, 4.69) is 10.6 Å². The van der Waals surface area contributed by atoms with E-state index in [1.165, 1.54) is 6.92 Å². The van der Waals surface area contributed by atoms with E-state index in [1.807, 2.05) is 0 Å². The van der Waals surface area contributed by atoms with E-state index < -0.39 is 72.7 Å². The van der Waals surface area contributed by atoms with Crippen molar-refractivity contribution in [3.8, 4) is 0 Å². The summed E-state index contributed by atoms with van der Waals surface area (Å²) in [5.41, 5.74) is 11.2. The molecule has 1 saturated heterocycles. The van der Waals surface area contributed by atoms with Gasteiger partial charge in [-0.3, -0.25) is 0 Å². The quantitative estimate of drug-likeness (QED) is 0.106. The zero-order valence-corrected chi connectivity index (χ0v) is 21.9. The summed E-state index contributed by atoms with van der Waals surface area (Å²) in [4.78, 5) is 11.4. The lowest BCUT2D eigenvalue weighted by Gasteiger charge is -2.48. The smallest absolute Gasteiger partial charge is 0.215 e. The summed E-state index contributed by atoms with van der Waals surface area (Å²) in [5, 5.41) is 56.9. The molecule has 0 aromatic heterocycles. The van der Waals surface area contributed by atoms with Gasteiger partial charge in [0.1, 0.15) is 36.0 Å². The van der Waals surface area contributed by atoms with Crippen molar-refractivity contribution >= 4 is 6.29 Å². The van der Waals surface area contributed by atoms with E-state index in [9.17, 15) is 25.2 Å². The van der Waals surface area contributed by atoms with Crippen LogP contribution in [0.5, 0.6) is 0 Å². The minimum atomic E-state index is -1.35. The fourth-order valence-electron chi connectivity index (χ4n) is 5.27. The molecule has 11 N–H and O–H groups in total. The highest BCUT2D eigenvalue weighted by molar-refractivity contribution is 5.50. The number of carbonyl (C=O) groups is 1. The second-order valence-corrected chi connectivity index (χ2v) is 10.6. The number of carbonyl (C=O) groups excluding carboxylic acids is 1. The van der Waals surface area contributed by atoms with Crippen LogP contribution in [-0.4, -0.2) is 132 Å². The molecule has 2 unspecified atom stereocenters. The molecule has 0 amide bonds. The van der Waals surface area contributed by atoms with Crippen LogP contribution >= 0.6 is 0 Å². The largest absolute Gasteiger partial charge is 0.467 e. The number of ether oxygens (including phenoxy) is 4. The lowest BCUT2D eigenvalue weighted by molar-refractivity contribution is -0.308. The summed E-state index contributed by atoms with van der Waals surface area (Å²) in [6.07, 6.45) is -4.23. The summed E-state index contributed by atoms with van der Waals surface area (Å²) in [7, 11) is 1.60. The highest BCUT2D eigenvalue weighted by Crippen LogP contribution is 2.35. The molecule has 12 atom stereocenters. The van der Waals surface area contributed by atoms with Crippen LogP contribution < -0.4 is 22.1 Å². The van der Waals surface area contributed by atoms with Gasteiger partial charge >= 0.3 is 0 Å². The molecule has 0 spiro atoms. The van der Waals surface area contributed by atoms with Crippen molar-refractivity contribution in [2.24, 2.45) is 17.4 Å². The van der Waals surface area contributed by atoms with Gasteiger partial charge in [0.05, 0.1) is 44.1 Å². The third-order valence-corrected chi connectivity index (χ3v) is 7.38. The number of aldehydes is 1. The van der Waals surface area contributed by atoms with Gasteiger partial charge in [-0.05, 0) is 38.8 Å². The number of nitrogens with two attached hydrogens (primary N) is 2. The summed E-state index contributed by atoms with van der Waals surface area (Å²) in [6.45, 7) is 1.47. The Hall–Kier alpha value is -1.27. The normalized spacial score (nSPS) is 42.7. The minimum absolute atomic E-state index is 0.0653. The molecule has 14 heteroatoms. The standard InChI is InChI=1S/C24H44N4O10/c1-24(34)11-35-23(18(33)21(24)27-2)37-19-12(5-6-29)7-16(26)20(17(19)32)38-22-15(25)4-3-14(36-22)9-28-8-13(31)10-30/h3,6,12-13,15-23,27-28,30-34H,4-5,7-11,25-26H2,1-2H3/t12-,13?,15-,16+,17-,18-,19+,20?,21-,22-,23-,24+/m1/s1. The first kappa shape index (κ1) is 31.3. The Kier molecular flexibility index (Phi) is 11.4. The second-order valence-electron chi connectivity index (χ2n) is 10.6. The molecule has 3 aliphatic rings. The van der Waals surface area contributed by atoms with Gasteiger partial charge in [0, 0.05) is 19.0 Å². The Labute approximate surface area is 222 Å². The number of rotatable bonds is 12. The number of nitrogens with one attached hydrogen (secondary N) is 2. The average molecular weight is 549 g/mol. The molecule has 1 aliphatic carbocycles. The summed E-state index contributed by atoms with van der Waals surface area (Å²) < 4.78 is 23.6. The van der Waals surface area contributed by atoms with Gasteiger partial charge < -0.3 is 71.4 Å². The average Bonchev–Trinajstić information content (AvgIpc) is 2.87. The summed E-state index contributed by atoms with van der Waals surface area (Å²) in [6, 6.07) is -1.97. The van der Waals surface area contributed by atoms with Crippen molar-refractivity contribution in [3.05, 3.63) is 11.8 Å². The Morgan fingerprint density at radius 2 is 1.92 bits per heavy atom. The molecular formula is C24H44N4O10. The SMILES string of the molecule is CN[C@@H]1[C@@H](O)[C@@H](O[C@H]2[C@H](CC=O)C[C@H](N)C(O[C@H]3OC(CNCC(O)CO)=CC[C@H]3N)[C@@H]2O)OC[C@]1(C)O. The van der Waals surface area contributed by atoms with Crippen molar-refractivity contribution in [2.45, 2.75) is 93.0 Å². The molecule has 2 aliphatic heterocycles. The van der Waals surface area contributed by atoms with Gasteiger partial charge in [0.25, 0.3) is 0 Å². The van der Waals surface area contributed by atoms with Crippen molar-refractivity contribution < 1.29 is 49.3 Å². The molecule has 0 aromatic rings. The van der Waals surface area contributed by atoms with E-state index in [0.29, 0.717) is 12.2 Å². The summed E-state index contributed by atoms with van der Waals surface area (Å²) >= 11 is 0. The lowest BCUT2D eigenvalue weighted by Crippen LogP contribution is -2.67. The fraction of sp³-hybridized carbons (Fsp3) is 0.875. The monoisotopic (exact) mass is 548 g/mol. The third-order valence-electron chi connectivity index (χ3n) is 7.38. The molecule has 220 valence electrons. The second kappa shape index (κ2) is 13.9. The first-order valence-corrected chi connectivity index (χ1v) is 13.0. The van der Waals surface area contributed by atoms with Crippen LogP contribution in [0.15, 0.2) is 11.8 Å². The van der Waals surface area contributed by atoms with Crippen LogP contribution in [0.25, 0.3) is 0 Å². The number of hydrogen-bond donors (Lipinski definition) is 9. The molecule has 0 bridgehead atoms. The maximum absolute atomic E-state index is 11.4. The highest BCUT2D eigenvalue weighted by atomic mass is 16.7. The van der Waals surface area contributed by atoms with Gasteiger partial charge in [-0.1, -0.05) is 0 Å². The lowest BCUT2D eigenvalue weighted by atomic mass is 9.78. The Morgan fingerprint density at radius 1 is 1.21 bits per heavy atom. The third kappa shape index (κ3) is 7.47. The van der Waals surface area contributed by atoms with Crippen LogP contribution in [0.3, 0.4) is 0 Å². The molecule has 2 fully saturated rings. The molecular weight excluding hydrogens is 504 g/mol. The maximum atomic E-state index is 11.4. The fourth-order valence-corrected chi connectivity index (χ4v) is 5.27. The van der Waals surface area contributed by atoms with Crippen molar-refractivity contribution in [2.75, 3.05) is 33.4 Å². The maximum Gasteiger partial charge on any atom is 0.215 e. The zero-order chi connectivity index (χ0) is 28.0. The van der Waals surface area contributed by atoms with Crippen molar-refractivity contribution in [1.82, 2.24) is 10.6 Å². The first-order valence-electron chi connectivity index (χ1n) is 13.0. The molecule has 0 radical (unpaired) electrons. The van der Waals surface area contributed by atoms with Gasteiger partial charge in [-0.25, -0.2) is 0 Å². The number of hydrogen-bond acceptors (Lipinski definition) is 14. The van der Waals surface area contributed by atoms with Crippen molar-refractivity contribution in [3.63, 3.8) is 0 Å². The predicted molar refractivity (Wildman–Crippen MR) is 133 cm³/mol. The van der Waals surface area contributed by atoms with Crippen LogP contribution in [0, 0.1) is 5.92 Å². The van der Waals surface area contributed by atoms with Crippen molar-refractivity contribution in [1.29, 1.82) is 0 Å². The molecule has 1 saturated carbocycles. The van der Waals surface area contributed by atoms with Crippen LogP contribution in [-0.2, 0) is 23.7 Å². The molecule has 2 heterocycles. The van der Waals surface area contributed by atoms with Gasteiger partial charge in [-0.15, -0.1) is 0 Å². The highest BCUT2D eigenvalue weighted by Gasteiger charge is 2.51. The summed E-state index contributed by atoms with van der Waals surface area (Å²) in [5.74, 6) is 0.0541. The van der Waals surface area contributed by atoms with Crippen LogP contribution in [0.4, 0.5) is 0 Å². The Bertz CT molecular complexity index is 789. The molecule has 0 aromatic carbocycles. The predicted octanol–water partition coefficient (Wildman–Crippen LogP) is -3.99. The van der Waals surface area contributed by atoms with Gasteiger partial charge in [0.2, 0.25) is 6.29 Å².